The molecule has 12 heteroatoms. The molecule has 24 atom stereocenters. The zero-order chi connectivity index (χ0) is 67.8. The number of carbonyl (C=O) groups is 1. The van der Waals surface area contributed by atoms with E-state index in [1.54, 1.807) is 6.07 Å². The van der Waals surface area contributed by atoms with E-state index in [1.165, 1.54) is 35.0 Å². The molecule has 4 aromatic carbocycles. The minimum atomic E-state index is -1.36. The lowest BCUT2D eigenvalue weighted by atomic mass is 9.25. The molecule has 520 valence electrons. The topological polar surface area (TPSA) is 180 Å². The van der Waals surface area contributed by atoms with Crippen molar-refractivity contribution in [1.29, 1.82) is 0 Å². The van der Waals surface area contributed by atoms with Crippen molar-refractivity contribution in [1.82, 2.24) is 5.32 Å². The Kier molecular flexibility index (Phi) is 13.2. The van der Waals surface area contributed by atoms with Gasteiger partial charge in [-0.3, -0.25) is 4.79 Å². The van der Waals surface area contributed by atoms with Crippen LogP contribution >= 0.6 is 21.6 Å². The highest BCUT2D eigenvalue weighted by molar-refractivity contribution is 8.77. The molecule has 0 amide bonds. The molecule has 4 aromatic rings. The highest BCUT2D eigenvalue weighted by Gasteiger charge is 2.82. The van der Waals surface area contributed by atoms with E-state index in [0.717, 1.165) is 148 Å². The van der Waals surface area contributed by atoms with E-state index in [2.05, 4.69) is 102 Å². The Bertz CT molecular complexity index is 4620. The second kappa shape index (κ2) is 21.4. The van der Waals surface area contributed by atoms with E-state index in [0.29, 0.717) is 30.4 Å². The molecule has 1 saturated heterocycles. The number of ketones is 1. The number of methoxy groups -OCH3 is 1. The number of aromatic hydroxyl groups is 3. The molecule has 2 aliphatic heterocycles. The minimum absolute atomic E-state index is 0.00258. The molecule has 0 unspecified atom stereocenters. The molecule has 7 fully saturated rings. The third-order valence-electron chi connectivity index (χ3n) is 33.0. The minimum Gasteiger partial charge on any atom is -0.504 e. The van der Waals surface area contributed by atoms with Gasteiger partial charge in [0.1, 0.15) is 11.2 Å². The van der Waals surface area contributed by atoms with Gasteiger partial charge in [-0.2, -0.15) is 0 Å². The molecule has 6 saturated carbocycles. The summed E-state index contributed by atoms with van der Waals surface area (Å²) in [7, 11) is 5.59. The average molecular weight is 1380 g/mol. The average Bonchev–Trinajstić information content (AvgIpc) is 1.23. The number of nitrogens with one attached hydrogen (secondary N) is 1. The number of hydrogen-bond acceptors (Lipinski definition) is 12. The van der Waals surface area contributed by atoms with Gasteiger partial charge in [0.05, 0.1) is 43.2 Å². The molecule has 0 aromatic heterocycles. The largest absolute Gasteiger partial charge is 0.504 e. The molecular formula is C89H93NO9S2. The number of benzene rings is 4. The summed E-state index contributed by atoms with van der Waals surface area (Å²) in [6, 6.07) is 22.0. The highest BCUT2D eigenvalue weighted by atomic mass is 33.1. The number of aliphatic hydroxyl groups is 4. The molecule has 101 heavy (non-hydrogen) atoms. The number of carbonyl (C=O) groups excluding carboxylic acids is 1. The molecule has 7 spiro atoms. The van der Waals surface area contributed by atoms with Gasteiger partial charge >= 0.3 is 0 Å². The molecule has 0 radical (unpaired) electrons. The Balaban J connectivity index is 0.939. The van der Waals surface area contributed by atoms with Gasteiger partial charge in [0, 0.05) is 99.7 Å². The van der Waals surface area contributed by atoms with Gasteiger partial charge in [0.15, 0.2) is 23.0 Å². The first-order chi connectivity index (χ1) is 49.2. The Morgan fingerprint density at radius 2 is 1.61 bits per heavy atom. The zero-order valence-electron chi connectivity index (χ0n) is 57.8. The predicted octanol–water partition coefficient (Wildman–Crippen LogP) is 14.3. The third kappa shape index (κ3) is 7.50. The maximum Gasteiger partial charge on any atom is 0.160 e. The first-order valence-corrected chi connectivity index (χ1v) is 41.6. The van der Waals surface area contributed by atoms with Gasteiger partial charge in [-0.25, -0.2) is 0 Å². The standard InChI is InChI=1S/C89H93NO9S2/c1-99-72-40-55(48(43-91)32-70(72)95)54-37-71(96)75-51-21-30-85-27-11-16-66-52(18-17-47(54)31-46-13-4-2-5-14-46)79(80(75)97)89-62-41-69(94)68(93)39-59(62)60-42-74(89)87-45-86(60)28-10-15-49(86)34-61(87)56-38-67(92)63-36-57(56)76-73(20-19-53(78(76)87)81(89)90-66)101-100-44-65(82(85)98)88(29-12-24-83(88)22-8-9-23-83)64-35-50(33-58(51)77(64)85)84(63)25-6-3-7-26-84/h2,4-5,13-14,19-21,30,32-36,39-41,47,49,51-54,56,60,65-67,73-75,78-82,90-95,97-98H,3,6-10,12,15-16,22-26,28-29,31,37-38,42-45H2,1H3/t47-,49-,51-,52-,53+,54+,56+,60-,65-,66+,67+,73-,74-,75-,78-,79+,80+,81-,82+,85+,86-,87-,88+,89-/m1/s1. The van der Waals surface area contributed by atoms with Gasteiger partial charge < -0.3 is 45.8 Å². The number of Topliss-reactive ketones (excluding diaryl/α,β-unsaturated/α-hetero) is 1. The Morgan fingerprint density at radius 1 is 0.792 bits per heavy atom. The molecule has 16 aliphatic carbocycles. The third-order valence-corrected chi connectivity index (χ3v) is 35.6. The van der Waals surface area contributed by atoms with Crippen LogP contribution in [0.3, 0.4) is 0 Å². The lowest BCUT2D eigenvalue weighted by Crippen LogP contribution is -2.81. The Morgan fingerprint density at radius 3 is 2.45 bits per heavy atom. The highest BCUT2D eigenvalue weighted by Crippen LogP contribution is 2.85. The van der Waals surface area contributed by atoms with E-state index in [-0.39, 0.29) is 98.7 Å². The molecule has 18 aliphatic rings. The second-order valence-electron chi connectivity index (χ2n) is 35.6. The number of ether oxygens (including phenoxy) is 1. The fourth-order valence-corrected chi connectivity index (χ4v) is 32.8. The maximum atomic E-state index is 18.2. The van der Waals surface area contributed by atoms with Crippen molar-refractivity contribution in [2.24, 2.45) is 75.4 Å². The Labute approximate surface area is 601 Å². The van der Waals surface area contributed by atoms with Crippen LogP contribution in [0.2, 0.25) is 0 Å². The van der Waals surface area contributed by atoms with Crippen LogP contribution in [0.4, 0.5) is 0 Å². The van der Waals surface area contributed by atoms with E-state index in [1.807, 2.05) is 45.9 Å². The summed E-state index contributed by atoms with van der Waals surface area (Å²) in [6.07, 6.45) is 31.0. The van der Waals surface area contributed by atoms with Crippen molar-refractivity contribution in [2.45, 2.75) is 217 Å². The van der Waals surface area contributed by atoms with Crippen LogP contribution in [0.15, 0.2) is 125 Å². The van der Waals surface area contributed by atoms with E-state index >= 15 is 9.90 Å². The summed E-state index contributed by atoms with van der Waals surface area (Å²) in [6.45, 7) is -0.404. The molecule has 8 N–H and O–H groups in total. The van der Waals surface area contributed by atoms with Crippen LogP contribution in [0, 0.1) is 99.1 Å². The van der Waals surface area contributed by atoms with Gasteiger partial charge in [0.2, 0.25) is 0 Å². The number of rotatable bonds is 5. The number of piperidine rings is 1. The fourth-order valence-electron chi connectivity index (χ4n) is 29.8. The predicted molar refractivity (Wildman–Crippen MR) is 391 cm³/mol. The van der Waals surface area contributed by atoms with Crippen LogP contribution in [0.1, 0.15) is 196 Å². The van der Waals surface area contributed by atoms with Crippen LogP contribution < -0.4 is 10.1 Å². The molecule has 15 bridgehead atoms. The van der Waals surface area contributed by atoms with E-state index in [9.17, 15) is 30.6 Å². The van der Waals surface area contributed by atoms with Crippen molar-refractivity contribution in [3.63, 3.8) is 0 Å². The summed E-state index contributed by atoms with van der Waals surface area (Å²) >= 11 is 0. The Hall–Kier alpha value is -5.93. The second-order valence-corrected chi connectivity index (χ2v) is 38.2. The van der Waals surface area contributed by atoms with Crippen molar-refractivity contribution >= 4 is 27.4 Å². The fraction of sp³-hybridized carbons (Fsp3) is 0.562. The molecule has 2 heterocycles. The van der Waals surface area contributed by atoms with Gasteiger partial charge in [-0.05, 0) is 203 Å². The van der Waals surface area contributed by atoms with E-state index in [4.69, 9.17) is 4.74 Å². The normalized spacial score (nSPS) is 44.2. The number of phenols is 3. The van der Waals surface area contributed by atoms with Gasteiger partial charge in [-0.1, -0.05) is 169 Å². The lowest BCUT2D eigenvalue weighted by molar-refractivity contribution is -0.200. The quantitative estimate of drug-likeness (QED) is 0.0411. The molecule has 10 nitrogen and oxygen atoms in total. The van der Waals surface area contributed by atoms with Crippen molar-refractivity contribution in [3.8, 4) is 46.7 Å². The van der Waals surface area contributed by atoms with E-state index < -0.39 is 93.5 Å². The SMILES string of the molecule is COc1cc([C@H]2CC(=O)[C@@H]3[C@H](O)[C@@H]4[C@H](C#C[C@@H]2Cc2ccccc2)[C@@H]2CC#C[C@]56C=C[C@@H]3c3cc7cc(c35)[C@@]3(CCCC35CCCC5)[C@H](CSS[C@@H]3C=C[C@@H]5[C@@H](N2)[C@@]42c4cc(O)c(O)cc4[C@H]4C[C@@H]2[C@@]28C[C@@]49CCC[C@@H]9C=C2[C@H]2C[C@H](O)C(=CC2=C3[C@@H]58)C72CCCCC2)[C@@H]6O)c(CO)cc1O. The maximum absolute atomic E-state index is 18.2. The number of aliphatic hydroxyl groups excluding tert-OH is 4. The van der Waals surface area contributed by atoms with Gasteiger partial charge in [0.25, 0.3) is 0 Å². The number of allylic oxidation sites excluding steroid dienone is 5. The van der Waals surface area contributed by atoms with Crippen LogP contribution in [0.25, 0.3) is 0 Å². The van der Waals surface area contributed by atoms with Crippen LogP contribution in [0.5, 0.6) is 23.0 Å². The molecule has 22 rings (SSSR count). The van der Waals surface area contributed by atoms with Crippen molar-refractivity contribution in [3.05, 3.63) is 176 Å². The first-order valence-electron chi connectivity index (χ1n) is 39.2. The number of hydrogen-bond donors (Lipinski definition) is 8. The smallest absolute Gasteiger partial charge is 0.160 e. The van der Waals surface area contributed by atoms with Crippen molar-refractivity contribution < 1.29 is 45.3 Å². The van der Waals surface area contributed by atoms with Gasteiger partial charge in [-0.15, -0.1) is 5.92 Å². The summed E-state index contributed by atoms with van der Waals surface area (Å²) < 4.78 is 5.96. The lowest BCUT2D eigenvalue weighted by Gasteiger charge is -2.79. The summed E-state index contributed by atoms with van der Waals surface area (Å²) in [4.78, 5) is 18.2. The number of phenolic OH excluding ortho intramolecular Hbond substituents is 3. The summed E-state index contributed by atoms with van der Waals surface area (Å²) in [5.41, 5.74) is 10.5. The van der Waals surface area contributed by atoms with Crippen LogP contribution in [-0.2, 0) is 39.5 Å². The summed E-state index contributed by atoms with van der Waals surface area (Å²) in [5.74, 6) is 12.4. The molecular weight excluding hydrogens is 1290 g/mol. The van der Waals surface area contributed by atoms with Crippen LogP contribution in [-0.4, -0.2) is 90.0 Å². The van der Waals surface area contributed by atoms with Crippen molar-refractivity contribution in [2.75, 3.05) is 12.9 Å². The first kappa shape index (κ1) is 62.4. The number of fused-ring (bicyclic) bond motifs is 9. The monoisotopic (exact) mass is 1380 g/mol. The zero-order valence-corrected chi connectivity index (χ0v) is 59.4. The summed E-state index contributed by atoms with van der Waals surface area (Å²) in [5, 5.41) is 97.9.